The fourth-order valence-electron chi connectivity index (χ4n) is 2.69. The molecule has 1 aliphatic heterocycles. The van der Waals surface area contributed by atoms with E-state index in [1.807, 2.05) is 21.6 Å². The van der Waals surface area contributed by atoms with E-state index in [-0.39, 0.29) is 13.1 Å². The largest absolute Gasteiger partial charge is 0.481 e. The van der Waals surface area contributed by atoms with Gasteiger partial charge in [0.15, 0.2) is 0 Å². The second kappa shape index (κ2) is 17.5. The van der Waals surface area contributed by atoms with Crippen LogP contribution in [-0.4, -0.2) is 115 Å². The van der Waals surface area contributed by atoms with E-state index in [4.69, 9.17) is 25.5 Å². The highest BCUT2D eigenvalue weighted by Crippen LogP contribution is 2.39. The maximum Gasteiger partial charge on any atom is 0.317 e. The van der Waals surface area contributed by atoms with Crippen LogP contribution in [0.1, 0.15) is 32.1 Å². The van der Waals surface area contributed by atoms with Gasteiger partial charge in [0.2, 0.25) is 0 Å². The second-order valence-electron chi connectivity index (χ2n) is 6.96. The monoisotopic (exact) mass is 498 g/mol. The number of nitrogens with zero attached hydrogens (tertiary/aromatic N) is 2. The van der Waals surface area contributed by atoms with E-state index in [9.17, 15) is 24.0 Å². The number of aliphatic carboxylic acids is 5. The van der Waals surface area contributed by atoms with Crippen LogP contribution < -0.4 is 0 Å². The van der Waals surface area contributed by atoms with Crippen molar-refractivity contribution < 1.29 is 49.5 Å². The molecule has 1 heterocycles. The summed E-state index contributed by atoms with van der Waals surface area (Å²) < 4.78 is 0. The molecule has 14 heteroatoms. The van der Waals surface area contributed by atoms with Crippen LogP contribution in [0.15, 0.2) is 0 Å². The van der Waals surface area contributed by atoms with Gasteiger partial charge in [-0.05, 0) is 19.3 Å². The summed E-state index contributed by atoms with van der Waals surface area (Å²) in [6, 6.07) is 0. The Bertz CT molecular complexity index is 561. The van der Waals surface area contributed by atoms with Gasteiger partial charge in [-0.2, -0.15) is 0 Å². The minimum atomic E-state index is -1.23. The topological polar surface area (TPSA) is 193 Å². The third-order valence-corrected chi connectivity index (χ3v) is 7.07. The Kier molecular flexibility index (Phi) is 16.4. The molecule has 1 rings (SSSR count). The third-order valence-electron chi connectivity index (χ3n) is 4.06. The quantitative estimate of drug-likeness (QED) is 0.147. The van der Waals surface area contributed by atoms with Gasteiger partial charge in [0.05, 0.1) is 26.2 Å². The molecular formula is C18H30N2O10S2. The van der Waals surface area contributed by atoms with Crippen molar-refractivity contribution in [2.45, 2.75) is 37.4 Å². The Morgan fingerprint density at radius 3 is 1.44 bits per heavy atom. The predicted octanol–water partition coefficient (Wildman–Crippen LogP) is 0.714. The molecule has 184 valence electrons. The molecule has 12 nitrogen and oxygen atoms in total. The van der Waals surface area contributed by atoms with Gasteiger partial charge >= 0.3 is 29.8 Å². The highest BCUT2D eigenvalue weighted by molar-refractivity contribution is 8.77. The number of unbranched alkanes of at least 4 members (excludes halogenated alkanes) is 1. The smallest absolute Gasteiger partial charge is 0.317 e. The number of hydrogen-bond donors (Lipinski definition) is 5. The molecule has 1 aliphatic rings. The molecule has 0 aromatic carbocycles. The van der Waals surface area contributed by atoms with E-state index in [0.29, 0.717) is 6.42 Å². The Morgan fingerprint density at radius 2 is 1.12 bits per heavy atom. The lowest BCUT2D eigenvalue weighted by Gasteiger charge is -2.23. The molecule has 1 atom stereocenters. The maximum absolute atomic E-state index is 10.6. The van der Waals surface area contributed by atoms with Crippen molar-refractivity contribution in [3.05, 3.63) is 0 Å². The van der Waals surface area contributed by atoms with Crippen LogP contribution in [0.25, 0.3) is 0 Å². The highest BCUT2D eigenvalue weighted by atomic mass is 33.1. The number of hydrogen-bond acceptors (Lipinski definition) is 9. The Morgan fingerprint density at radius 1 is 0.688 bits per heavy atom. The summed E-state index contributed by atoms with van der Waals surface area (Å²) >= 11 is 0. The third kappa shape index (κ3) is 18.7. The molecule has 1 unspecified atom stereocenters. The first-order valence-electron chi connectivity index (χ1n) is 9.81. The predicted molar refractivity (Wildman–Crippen MR) is 118 cm³/mol. The van der Waals surface area contributed by atoms with Gasteiger partial charge < -0.3 is 25.5 Å². The van der Waals surface area contributed by atoms with Crippen molar-refractivity contribution in [1.82, 2.24) is 9.80 Å². The van der Waals surface area contributed by atoms with Crippen LogP contribution in [-0.2, 0) is 24.0 Å². The van der Waals surface area contributed by atoms with Crippen molar-refractivity contribution in [2.75, 3.05) is 45.0 Å². The van der Waals surface area contributed by atoms with Crippen LogP contribution in [0.5, 0.6) is 0 Å². The van der Waals surface area contributed by atoms with Crippen molar-refractivity contribution in [3.63, 3.8) is 0 Å². The normalized spacial score (nSPS) is 15.2. The van der Waals surface area contributed by atoms with Gasteiger partial charge in [-0.15, -0.1) is 0 Å². The summed E-state index contributed by atoms with van der Waals surface area (Å²) in [5, 5.41) is 43.7. The summed E-state index contributed by atoms with van der Waals surface area (Å²) in [7, 11) is 3.92. The second-order valence-corrected chi connectivity index (χ2v) is 9.75. The first-order chi connectivity index (χ1) is 15.0. The molecule has 0 bridgehead atoms. The summed E-state index contributed by atoms with van der Waals surface area (Å²) in [5.41, 5.74) is 0. The lowest BCUT2D eigenvalue weighted by Crippen LogP contribution is -2.43. The van der Waals surface area contributed by atoms with Crippen LogP contribution in [0.3, 0.4) is 0 Å². The van der Waals surface area contributed by atoms with E-state index < -0.39 is 56.0 Å². The number of carboxylic acids is 5. The lowest BCUT2D eigenvalue weighted by atomic mass is 10.1. The molecule has 0 aliphatic carbocycles. The van der Waals surface area contributed by atoms with Gasteiger partial charge in [-0.1, -0.05) is 28.0 Å². The van der Waals surface area contributed by atoms with Gasteiger partial charge in [0.25, 0.3) is 0 Å². The minimum Gasteiger partial charge on any atom is -0.481 e. The molecule has 1 saturated heterocycles. The van der Waals surface area contributed by atoms with E-state index in [1.54, 1.807) is 0 Å². The fraction of sp³-hybridized carbons (Fsp3) is 0.722. The molecule has 0 amide bonds. The van der Waals surface area contributed by atoms with Crippen LogP contribution >= 0.6 is 21.6 Å². The summed E-state index contributed by atoms with van der Waals surface area (Å²) in [5.74, 6) is -4.30. The van der Waals surface area contributed by atoms with Crippen LogP contribution in [0, 0.1) is 0 Å². The molecule has 5 N–H and O–H groups in total. The van der Waals surface area contributed by atoms with E-state index in [1.165, 1.54) is 18.6 Å². The molecular weight excluding hydrogens is 468 g/mol. The zero-order valence-corrected chi connectivity index (χ0v) is 19.2. The Hall–Kier alpha value is -2.03. The van der Waals surface area contributed by atoms with Crippen LogP contribution in [0.4, 0.5) is 0 Å². The average Bonchev–Trinajstić information content (AvgIpc) is 3.15. The van der Waals surface area contributed by atoms with E-state index in [0.717, 1.165) is 27.9 Å². The molecule has 0 saturated carbocycles. The van der Waals surface area contributed by atoms with Crippen molar-refractivity contribution in [3.8, 4) is 0 Å². The van der Waals surface area contributed by atoms with Gasteiger partial charge in [0, 0.05) is 30.5 Å². The van der Waals surface area contributed by atoms with Gasteiger partial charge in [-0.25, -0.2) is 0 Å². The molecule has 1 fully saturated rings. The van der Waals surface area contributed by atoms with Crippen molar-refractivity contribution in [2.24, 2.45) is 0 Å². The van der Waals surface area contributed by atoms with E-state index >= 15 is 0 Å². The average molecular weight is 499 g/mol. The minimum absolute atomic E-state index is 0.0703. The highest BCUT2D eigenvalue weighted by Gasteiger charge is 2.18. The van der Waals surface area contributed by atoms with E-state index in [2.05, 4.69) is 0 Å². The first kappa shape index (κ1) is 30.0. The molecule has 0 radical (unpaired) electrons. The molecule has 0 aromatic heterocycles. The summed E-state index contributed by atoms with van der Waals surface area (Å²) in [4.78, 5) is 54.5. The molecule has 0 aromatic rings. The Labute approximate surface area is 193 Å². The zero-order chi connectivity index (χ0) is 24.5. The number of rotatable bonds is 16. The summed E-state index contributed by atoms with van der Waals surface area (Å²) in [6.07, 6.45) is 4.76. The molecule has 32 heavy (non-hydrogen) atoms. The first-order valence-corrected chi connectivity index (χ1v) is 12.2. The fourth-order valence-corrected chi connectivity index (χ4v) is 5.72. The van der Waals surface area contributed by atoms with Crippen molar-refractivity contribution in [1.29, 1.82) is 0 Å². The van der Waals surface area contributed by atoms with Crippen LogP contribution in [0.2, 0.25) is 0 Å². The Balaban J connectivity index is 0.000000677. The molecule has 0 spiro atoms. The van der Waals surface area contributed by atoms with Gasteiger partial charge in [0.1, 0.15) is 0 Å². The lowest BCUT2D eigenvalue weighted by molar-refractivity contribution is -0.145. The van der Waals surface area contributed by atoms with Gasteiger partial charge in [-0.3, -0.25) is 33.8 Å². The SMILES string of the molecule is O=C(O)CCCCC1CCSS1.O=C(O)CN(CCN(CC(=O)O)CC(=O)O)CC(=O)O. The number of carbonyl (C=O) groups is 5. The standard InChI is InChI=1S/C10H16N2O8.C8H14O2S2/c13-7(14)3-11(4-8(15)16)1-2-12(5-9(17)18)6-10(19)20;9-8(10)4-2-1-3-7-5-6-11-12-7/h1-6H2,(H,13,14)(H,15,16)(H,17,18)(H,19,20);7H,1-6H2,(H,9,10). The maximum atomic E-state index is 10.6. The van der Waals surface area contributed by atoms with Crippen molar-refractivity contribution >= 4 is 51.4 Å². The number of carboxylic acid groups (broad SMARTS) is 5. The summed E-state index contributed by atoms with van der Waals surface area (Å²) in [6.45, 7) is -2.25. The zero-order valence-electron chi connectivity index (χ0n) is 17.6.